The number of allylic oxidation sites excluding steroid dienone is 6. The van der Waals surface area contributed by atoms with Crippen molar-refractivity contribution in [3.63, 3.8) is 0 Å². The number of hydrogen-bond acceptors (Lipinski definition) is 6. The summed E-state index contributed by atoms with van der Waals surface area (Å²) in [5.74, 6) is -0.311. The van der Waals surface area contributed by atoms with Crippen molar-refractivity contribution in [3.05, 3.63) is 36.5 Å². The standard InChI is InChI=1S/C56H108NO7P/c1-6-8-10-12-14-16-18-20-22-24-26-27-28-29-30-31-32-33-35-37-39-41-43-45-47-49-56(58)64-55(54-63-65(59,60)62-52-50-57(3,4)5)53-61-51-48-46-44-42-40-38-36-34-25-23-21-19-17-15-13-11-9-7-2/h9,11,15,17,21,23,55H,6-8,10,12-14,16,18-20,22,24-54H2,1-5H3/p+1/b11-9-,17-15-,23-21-. The molecule has 2 atom stereocenters. The quantitative estimate of drug-likeness (QED) is 0.0214. The summed E-state index contributed by atoms with van der Waals surface area (Å²) in [6, 6.07) is 0. The molecule has 0 spiro atoms. The number of phosphoric acid groups is 1. The minimum absolute atomic E-state index is 0.0883. The lowest BCUT2D eigenvalue weighted by atomic mass is 10.0. The van der Waals surface area contributed by atoms with Crippen LogP contribution in [0.5, 0.6) is 0 Å². The second kappa shape index (κ2) is 49.2. The van der Waals surface area contributed by atoms with Crippen LogP contribution in [-0.4, -0.2) is 75.6 Å². The number of rotatable bonds is 52. The van der Waals surface area contributed by atoms with Crippen molar-refractivity contribution < 1.29 is 37.3 Å². The van der Waals surface area contributed by atoms with Crippen molar-refractivity contribution in [1.29, 1.82) is 0 Å². The van der Waals surface area contributed by atoms with Crippen LogP contribution in [0.2, 0.25) is 0 Å². The third-order valence-corrected chi connectivity index (χ3v) is 13.2. The zero-order chi connectivity index (χ0) is 47.6. The van der Waals surface area contributed by atoms with E-state index in [-0.39, 0.29) is 25.8 Å². The van der Waals surface area contributed by atoms with Crippen LogP contribution < -0.4 is 0 Å². The van der Waals surface area contributed by atoms with Gasteiger partial charge >= 0.3 is 13.8 Å². The molecule has 0 radical (unpaired) electrons. The van der Waals surface area contributed by atoms with Crippen LogP contribution >= 0.6 is 7.82 Å². The van der Waals surface area contributed by atoms with Crippen LogP contribution in [-0.2, 0) is 27.9 Å². The normalized spacial score (nSPS) is 13.8. The van der Waals surface area contributed by atoms with Gasteiger partial charge in [0.05, 0.1) is 34.4 Å². The number of phosphoric ester groups is 1. The second-order valence-corrected chi connectivity index (χ2v) is 21.4. The van der Waals surface area contributed by atoms with Crippen LogP contribution in [0.3, 0.4) is 0 Å². The zero-order valence-electron chi connectivity index (χ0n) is 43.7. The molecule has 65 heavy (non-hydrogen) atoms. The minimum Gasteiger partial charge on any atom is -0.457 e. The summed E-state index contributed by atoms with van der Waals surface area (Å²) in [5.41, 5.74) is 0. The average Bonchev–Trinajstić information content (AvgIpc) is 3.27. The van der Waals surface area contributed by atoms with E-state index in [4.69, 9.17) is 18.5 Å². The Morgan fingerprint density at radius 2 is 0.892 bits per heavy atom. The van der Waals surface area contributed by atoms with E-state index in [0.29, 0.717) is 24.1 Å². The number of nitrogens with zero attached hydrogens (tertiary/aromatic N) is 1. The van der Waals surface area contributed by atoms with Crippen molar-refractivity contribution in [2.24, 2.45) is 0 Å². The maximum Gasteiger partial charge on any atom is 0.472 e. The highest BCUT2D eigenvalue weighted by atomic mass is 31.2. The van der Waals surface area contributed by atoms with Crippen LogP contribution in [0.1, 0.15) is 258 Å². The SMILES string of the molecule is CC/C=C\C/C=C\C/C=C\CCCCCCCCCCOCC(COP(=O)(O)OCC[N+](C)(C)C)OC(=O)CCCCCCCCCCCCCCCCCCCCCCCCCCC. The lowest BCUT2D eigenvalue weighted by molar-refractivity contribution is -0.870. The van der Waals surface area contributed by atoms with Gasteiger partial charge in [-0.05, 0) is 44.9 Å². The molecule has 8 nitrogen and oxygen atoms in total. The van der Waals surface area contributed by atoms with Gasteiger partial charge in [-0.25, -0.2) is 4.57 Å². The van der Waals surface area contributed by atoms with E-state index in [2.05, 4.69) is 50.3 Å². The molecule has 0 aliphatic carbocycles. The van der Waals surface area contributed by atoms with E-state index in [1.165, 1.54) is 186 Å². The molecule has 384 valence electrons. The van der Waals surface area contributed by atoms with Crippen molar-refractivity contribution in [2.45, 2.75) is 264 Å². The molecule has 0 aromatic rings. The number of carbonyl (C=O) groups excluding carboxylic acids is 1. The summed E-state index contributed by atoms with van der Waals surface area (Å²) in [6.45, 7) is 5.55. The fraction of sp³-hybridized carbons (Fsp3) is 0.875. The molecule has 1 N–H and O–H groups in total. The van der Waals surface area contributed by atoms with Crippen LogP contribution in [0.25, 0.3) is 0 Å². The maximum absolute atomic E-state index is 12.8. The molecule has 0 aromatic carbocycles. The van der Waals surface area contributed by atoms with E-state index >= 15 is 0 Å². The molecule has 0 bridgehead atoms. The van der Waals surface area contributed by atoms with Gasteiger partial charge in [0, 0.05) is 13.0 Å². The predicted molar refractivity (Wildman–Crippen MR) is 280 cm³/mol. The van der Waals surface area contributed by atoms with Gasteiger partial charge in [0.2, 0.25) is 0 Å². The molecule has 0 aromatic heterocycles. The molecule has 0 heterocycles. The first-order valence-corrected chi connectivity index (χ1v) is 29.2. The van der Waals surface area contributed by atoms with E-state index in [9.17, 15) is 14.3 Å². The summed E-state index contributed by atoms with van der Waals surface area (Å²) in [4.78, 5) is 23.1. The van der Waals surface area contributed by atoms with E-state index in [1.54, 1.807) is 0 Å². The average molecular weight is 939 g/mol. The summed E-state index contributed by atoms with van der Waals surface area (Å²) < 4.78 is 35.2. The monoisotopic (exact) mass is 939 g/mol. The second-order valence-electron chi connectivity index (χ2n) is 19.9. The molecule has 0 rings (SSSR count). The summed E-state index contributed by atoms with van der Waals surface area (Å²) >= 11 is 0. The number of likely N-dealkylation sites (N-methyl/N-ethyl adjacent to an activating group) is 1. The molecule has 0 saturated heterocycles. The highest BCUT2D eigenvalue weighted by Crippen LogP contribution is 2.43. The molecule has 0 aliphatic rings. The van der Waals surface area contributed by atoms with Gasteiger partial charge in [0.1, 0.15) is 19.3 Å². The van der Waals surface area contributed by atoms with Crippen molar-refractivity contribution >= 4 is 13.8 Å². The number of hydrogen-bond donors (Lipinski definition) is 1. The van der Waals surface area contributed by atoms with E-state index < -0.39 is 13.9 Å². The largest absolute Gasteiger partial charge is 0.472 e. The Kier molecular flexibility index (Phi) is 48.2. The predicted octanol–water partition coefficient (Wildman–Crippen LogP) is 17.3. The molecule has 0 aliphatic heterocycles. The minimum atomic E-state index is -4.28. The summed E-state index contributed by atoms with van der Waals surface area (Å²) in [6.07, 6.45) is 60.6. The maximum atomic E-state index is 12.8. The molecular weight excluding hydrogens is 830 g/mol. The molecular formula is C56H109NO7P+. The lowest BCUT2D eigenvalue weighted by Crippen LogP contribution is -2.37. The molecule has 0 amide bonds. The van der Waals surface area contributed by atoms with Gasteiger partial charge < -0.3 is 18.9 Å². The number of esters is 1. The van der Waals surface area contributed by atoms with Crippen molar-refractivity contribution in [1.82, 2.24) is 0 Å². The third-order valence-electron chi connectivity index (χ3n) is 12.2. The fourth-order valence-electron chi connectivity index (χ4n) is 7.98. The van der Waals surface area contributed by atoms with Gasteiger partial charge in [-0.2, -0.15) is 0 Å². The number of ether oxygens (including phenoxy) is 2. The Morgan fingerprint density at radius 1 is 0.492 bits per heavy atom. The van der Waals surface area contributed by atoms with Crippen LogP contribution in [0.4, 0.5) is 0 Å². The van der Waals surface area contributed by atoms with Gasteiger partial charge in [0.25, 0.3) is 0 Å². The zero-order valence-corrected chi connectivity index (χ0v) is 44.6. The molecule has 0 fully saturated rings. The molecule has 9 heteroatoms. The first kappa shape index (κ1) is 63.7. The summed E-state index contributed by atoms with van der Waals surface area (Å²) in [7, 11) is 1.67. The Bertz CT molecular complexity index is 1140. The van der Waals surface area contributed by atoms with Gasteiger partial charge in [-0.1, -0.05) is 243 Å². The third kappa shape index (κ3) is 53.5. The van der Waals surface area contributed by atoms with Gasteiger partial charge in [-0.15, -0.1) is 0 Å². The van der Waals surface area contributed by atoms with E-state index in [0.717, 1.165) is 51.4 Å². The number of carbonyl (C=O) groups is 1. The molecule has 0 saturated carbocycles. The Morgan fingerprint density at radius 3 is 1.34 bits per heavy atom. The highest BCUT2D eigenvalue weighted by Gasteiger charge is 2.26. The smallest absolute Gasteiger partial charge is 0.457 e. The van der Waals surface area contributed by atoms with Crippen molar-refractivity contribution in [2.75, 3.05) is 54.1 Å². The Labute approximate surface area is 404 Å². The lowest BCUT2D eigenvalue weighted by Gasteiger charge is -2.24. The first-order chi connectivity index (χ1) is 31.6. The first-order valence-electron chi connectivity index (χ1n) is 27.7. The van der Waals surface area contributed by atoms with Gasteiger partial charge in [-0.3, -0.25) is 13.8 Å². The van der Waals surface area contributed by atoms with Crippen LogP contribution in [0, 0.1) is 0 Å². The Balaban J connectivity index is 4.04. The Hall–Kier alpha value is -1.28. The topological polar surface area (TPSA) is 91.3 Å². The van der Waals surface area contributed by atoms with Crippen molar-refractivity contribution in [3.8, 4) is 0 Å². The number of unbranched alkanes of at least 4 members (excludes halogenated alkanes) is 32. The molecule has 2 unspecified atom stereocenters. The van der Waals surface area contributed by atoms with Crippen LogP contribution in [0.15, 0.2) is 36.5 Å². The van der Waals surface area contributed by atoms with Gasteiger partial charge in [0.15, 0.2) is 0 Å². The highest BCUT2D eigenvalue weighted by molar-refractivity contribution is 7.47. The van der Waals surface area contributed by atoms with E-state index in [1.807, 2.05) is 21.1 Å². The number of quaternary nitrogens is 1. The fourth-order valence-corrected chi connectivity index (χ4v) is 8.72. The summed E-state index contributed by atoms with van der Waals surface area (Å²) in [5, 5.41) is 0.